The summed E-state index contributed by atoms with van der Waals surface area (Å²) in [4.78, 5) is 0. The van der Waals surface area contributed by atoms with Crippen molar-refractivity contribution in [1.29, 1.82) is 0 Å². The molecule has 0 bridgehead atoms. The molecule has 0 aliphatic rings. The molecule has 0 aliphatic carbocycles. The van der Waals surface area contributed by atoms with E-state index in [2.05, 4.69) is 25.6 Å². The Balaban J connectivity index is 3.75. The smallest absolute Gasteiger partial charge is 0.377 e. The molecule has 0 spiro atoms. The van der Waals surface area contributed by atoms with E-state index < -0.39 is 17.6 Å². The standard InChI is InChI=1S/C22H50O6SSi2/c1-21(17-13-9-11-15-19-30(23-3,24-4)25-5)29-22(2)18-14-10-12-16-20-31(26-6,27-7)28-8/h21-22H,9-20H2,1-8H3. The first-order valence-electron chi connectivity index (χ1n) is 11.8. The first-order valence-corrected chi connectivity index (χ1v) is 16.6. The van der Waals surface area contributed by atoms with Gasteiger partial charge in [-0.2, -0.15) is 11.8 Å². The van der Waals surface area contributed by atoms with E-state index in [1.807, 2.05) is 0 Å². The van der Waals surface area contributed by atoms with Crippen molar-refractivity contribution in [2.75, 3.05) is 42.7 Å². The zero-order valence-corrected chi connectivity index (χ0v) is 24.3. The fourth-order valence-corrected chi connectivity index (χ4v) is 8.89. The van der Waals surface area contributed by atoms with Crippen molar-refractivity contribution in [2.24, 2.45) is 0 Å². The maximum atomic E-state index is 5.48. The highest BCUT2D eigenvalue weighted by Gasteiger charge is 2.37. The largest absolute Gasteiger partial charge is 0.500 e. The minimum absolute atomic E-state index is 0.733. The van der Waals surface area contributed by atoms with Crippen molar-refractivity contribution >= 4 is 29.4 Å². The van der Waals surface area contributed by atoms with E-state index in [1.165, 1.54) is 51.4 Å². The van der Waals surface area contributed by atoms with Crippen LogP contribution >= 0.6 is 11.8 Å². The van der Waals surface area contributed by atoms with Crippen LogP contribution in [0, 0.1) is 0 Å². The van der Waals surface area contributed by atoms with Crippen LogP contribution in [0.1, 0.15) is 78.1 Å². The molecule has 31 heavy (non-hydrogen) atoms. The maximum absolute atomic E-state index is 5.48. The van der Waals surface area contributed by atoms with E-state index in [4.69, 9.17) is 26.6 Å². The number of rotatable bonds is 22. The number of thioether (sulfide) groups is 1. The number of hydrogen-bond acceptors (Lipinski definition) is 7. The molecule has 9 heteroatoms. The molecule has 0 saturated heterocycles. The zero-order valence-electron chi connectivity index (χ0n) is 21.5. The van der Waals surface area contributed by atoms with Gasteiger partial charge in [0.1, 0.15) is 0 Å². The predicted molar refractivity (Wildman–Crippen MR) is 136 cm³/mol. The molecule has 2 unspecified atom stereocenters. The third-order valence-corrected chi connectivity index (χ3v) is 13.1. The Kier molecular flexibility index (Phi) is 19.2. The molecule has 0 aromatic rings. The van der Waals surface area contributed by atoms with Gasteiger partial charge in [0.2, 0.25) is 0 Å². The van der Waals surface area contributed by atoms with Crippen LogP contribution in [0.3, 0.4) is 0 Å². The molecule has 0 saturated carbocycles. The normalized spacial score (nSPS) is 14.7. The summed E-state index contributed by atoms with van der Waals surface area (Å²) >= 11 is 2.15. The lowest BCUT2D eigenvalue weighted by molar-refractivity contribution is 0.122. The Bertz CT molecular complexity index is 359. The fourth-order valence-electron chi connectivity index (χ4n) is 3.90. The van der Waals surface area contributed by atoms with E-state index in [0.717, 1.165) is 35.4 Å². The molecular weight excluding hydrogens is 448 g/mol. The van der Waals surface area contributed by atoms with Gasteiger partial charge in [-0.25, -0.2) is 0 Å². The molecule has 0 fully saturated rings. The third-order valence-electron chi connectivity index (χ3n) is 6.02. The molecule has 0 aromatic carbocycles. The fraction of sp³-hybridized carbons (Fsp3) is 1.00. The molecule has 0 N–H and O–H groups in total. The van der Waals surface area contributed by atoms with Crippen molar-refractivity contribution in [3.8, 4) is 0 Å². The first kappa shape index (κ1) is 31.5. The molecule has 0 aliphatic heterocycles. The molecule has 0 radical (unpaired) electrons. The van der Waals surface area contributed by atoms with Crippen molar-refractivity contribution in [1.82, 2.24) is 0 Å². The van der Waals surface area contributed by atoms with Crippen LogP contribution < -0.4 is 0 Å². The summed E-state index contributed by atoms with van der Waals surface area (Å²) in [5.41, 5.74) is 0. The topological polar surface area (TPSA) is 55.4 Å². The predicted octanol–water partition coefficient (Wildman–Crippen LogP) is 6.15. The van der Waals surface area contributed by atoms with Gasteiger partial charge in [0.05, 0.1) is 0 Å². The van der Waals surface area contributed by atoms with E-state index in [0.29, 0.717) is 0 Å². The highest BCUT2D eigenvalue weighted by Crippen LogP contribution is 2.27. The lowest BCUT2D eigenvalue weighted by Crippen LogP contribution is -2.42. The van der Waals surface area contributed by atoms with Gasteiger partial charge in [0.15, 0.2) is 0 Å². The highest BCUT2D eigenvalue weighted by atomic mass is 32.2. The lowest BCUT2D eigenvalue weighted by Gasteiger charge is -2.24. The highest BCUT2D eigenvalue weighted by molar-refractivity contribution is 8.00. The Labute approximate surface area is 199 Å². The summed E-state index contributed by atoms with van der Waals surface area (Å²) in [6, 6.07) is 1.81. The van der Waals surface area contributed by atoms with Crippen LogP contribution in [0.25, 0.3) is 0 Å². The molecule has 2 atom stereocenters. The van der Waals surface area contributed by atoms with Gasteiger partial charge < -0.3 is 26.6 Å². The minimum atomic E-state index is -2.38. The molecule has 0 heterocycles. The SMILES string of the molecule is CO[Si](CCCCCCC(C)SC(C)CCCCCC[Si](OC)(OC)OC)(OC)OC. The third kappa shape index (κ3) is 13.7. The average Bonchev–Trinajstić information content (AvgIpc) is 2.79. The molecule has 0 amide bonds. The molecular formula is C22H50O6SSi2. The van der Waals surface area contributed by atoms with Crippen molar-refractivity contribution in [3.05, 3.63) is 0 Å². The maximum Gasteiger partial charge on any atom is 0.500 e. The van der Waals surface area contributed by atoms with E-state index in [-0.39, 0.29) is 0 Å². The molecule has 0 rings (SSSR count). The van der Waals surface area contributed by atoms with E-state index >= 15 is 0 Å². The van der Waals surface area contributed by atoms with Crippen LogP contribution in [0.15, 0.2) is 0 Å². The van der Waals surface area contributed by atoms with Gasteiger partial charge >= 0.3 is 17.6 Å². The van der Waals surface area contributed by atoms with Gasteiger partial charge in [-0.05, 0) is 25.7 Å². The summed E-state index contributed by atoms with van der Waals surface area (Å²) < 4.78 is 32.9. The Hall–Kier alpha value is 0.544. The first-order chi connectivity index (χ1) is 14.9. The second-order valence-corrected chi connectivity index (χ2v) is 16.3. The summed E-state index contributed by atoms with van der Waals surface area (Å²) in [5.74, 6) is 0. The van der Waals surface area contributed by atoms with Gasteiger partial charge in [-0.3, -0.25) is 0 Å². The summed E-state index contributed by atoms with van der Waals surface area (Å²) in [6.45, 7) is 4.76. The molecule has 6 nitrogen and oxygen atoms in total. The van der Waals surface area contributed by atoms with E-state index in [9.17, 15) is 0 Å². The quantitative estimate of drug-likeness (QED) is 0.131. The number of unbranched alkanes of at least 4 members (excludes halogenated alkanes) is 6. The Morgan fingerprint density at radius 1 is 0.484 bits per heavy atom. The zero-order chi connectivity index (χ0) is 23.6. The van der Waals surface area contributed by atoms with Crippen LogP contribution in [0.4, 0.5) is 0 Å². The van der Waals surface area contributed by atoms with Crippen LogP contribution in [-0.4, -0.2) is 70.8 Å². The second-order valence-electron chi connectivity index (χ2n) is 8.25. The summed E-state index contributed by atoms with van der Waals surface area (Å²) in [5, 5.41) is 1.47. The molecule has 188 valence electrons. The van der Waals surface area contributed by atoms with Crippen LogP contribution in [0.2, 0.25) is 12.1 Å². The van der Waals surface area contributed by atoms with E-state index in [1.54, 1.807) is 42.7 Å². The lowest BCUT2D eigenvalue weighted by atomic mass is 10.1. The van der Waals surface area contributed by atoms with Crippen molar-refractivity contribution < 1.29 is 26.6 Å². The number of hydrogen-bond donors (Lipinski definition) is 0. The van der Waals surface area contributed by atoms with Crippen LogP contribution in [0.5, 0.6) is 0 Å². The average molecular weight is 499 g/mol. The van der Waals surface area contributed by atoms with Crippen molar-refractivity contribution in [3.63, 3.8) is 0 Å². The Morgan fingerprint density at radius 3 is 1.06 bits per heavy atom. The van der Waals surface area contributed by atoms with Gasteiger partial charge in [0, 0.05) is 65.2 Å². The monoisotopic (exact) mass is 498 g/mol. The van der Waals surface area contributed by atoms with Gasteiger partial charge in [0.25, 0.3) is 0 Å². The van der Waals surface area contributed by atoms with Crippen LogP contribution in [-0.2, 0) is 26.6 Å². The molecule has 0 aromatic heterocycles. The second kappa shape index (κ2) is 18.9. The minimum Gasteiger partial charge on any atom is -0.377 e. The van der Waals surface area contributed by atoms with Crippen molar-refractivity contribution in [2.45, 2.75) is 101 Å². The summed E-state index contributed by atoms with van der Waals surface area (Å²) in [6.07, 6.45) is 12.4. The van der Waals surface area contributed by atoms with Gasteiger partial charge in [-0.15, -0.1) is 0 Å². The van der Waals surface area contributed by atoms with Gasteiger partial charge in [-0.1, -0.05) is 52.4 Å². The Morgan fingerprint density at radius 2 is 0.774 bits per heavy atom. The summed E-state index contributed by atoms with van der Waals surface area (Å²) in [7, 11) is 5.38.